The second kappa shape index (κ2) is 9.77. The van der Waals surface area contributed by atoms with Crippen molar-refractivity contribution in [1.29, 1.82) is 0 Å². The van der Waals surface area contributed by atoms with Gasteiger partial charge in [0.1, 0.15) is 18.5 Å². The molecule has 0 aliphatic carbocycles. The van der Waals surface area contributed by atoms with Gasteiger partial charge in [-0.25, -0.2) is 0 Å². The van der Waals surface area contributed by atoms with Crippen LogP contribution in [0.2, 0.25) is 0 Å². The number of hydrogen-bond acceptors (Lipinski definition) is 5. The molecule has 22 heavy (non-hydrogen) atoms. The Morgan fingerprint density at radius 2 is 1.86 bits per heavy atom. The van der Waals surface area contributed by atoms with Gasteiger partial charge in [0.15, 0.2) is 11.5 Å². The topological polar surface area (TPSA) is 51.2 Å². The summed E-state index contributed by atoms with van der Waals surface area (Å²) in [7, 11) is 0. The third-order valence-electron chi connectivity index (χ3n) is 3.34. The van der Waals surface area contributed by atoms with Crippen LogP contribution in [0.1, 0.15) is 26.7 Å². The fourth-order valence-electron chi connectivity index (χ4n) is 2.44. The Labute approximate surface area is 138 Å². The van der Waals surface area contributed by atoms with Gasteiger partial charge in [0.25, 0.3) is 0 Å². The number of rotatable bonds is 9. The van der Waals surface area contributed by atoms with E-state index in [0.717, 1.165) is 31.7 Å². The first-order valence-corrected chi connectivity index (χ1v) is 7.65. The second-order valence-electron chi connectivity index (χ2n) is 5.28. The lowest BCUT2D eigenvalue weighted by Gasteiger charge is -2.24. The van der Waals surface area contributed by atoms with Gasteiger partial charge in [0.2, 0.25) is 6.79 Å². The number of aliphatic hydroxyl groups excluding tert-OH is 1. The van der Waals surface area contributed by atoms with Crippen molar-refractivity contribution in [2.75, 3.05) is 33.0 Å². The molecule has 0 spiro atoms. The molecule has 1 N–H and O–H groups in total. The van der Waals surface area contributed by atoms with Crippen molar-refractivity contribution in [3.63, 3.8) is 0 Å². The van der Waals surface area contributed by atoms with Gasteiger partial charge in [-0.15, -0.1) is 12.4 Å². The Morgan fingerprint density at radius 1 is 1.18 bits per heavy atom. The molecule has 1 aliphatic rings. The predicted octanol–water partition coefficient (Wildman–Crippen LogP) is 2.70. The molecule has 5 nitrogen and oxygen atoms in total. The molecule has 1 unspecified atom stereocenters. The Hall–Kier alpha value is -1.17. The second-order valence-corrected chi connectivity index (χ2v) is 5.28. The highest BCUT2D eigenvalue weighted by molar-refractivity contribution is 5.85. The summed E-state index contributed by atoms with van der Waals surface area (Å²) >= 11 is 0. The van der Waals surface area contributed by atoms with Gasteiger partial charge in [0, 0.05) is 12.6 Å². The lowest BCUT2D eigenvalue weighted by atomic mass is 10.3. The Morgan fingerprint density at radius 3 is 2.55 bits per heavy atom. The summed E-state index contributed by atoms with van der Waals surface area (Å²) in [5, 5.41) is 10.1. The van der Waals surface area contributed by atoms with Crippen LogP contribution in [0.15, 0.2) is 18.2 Å². The number of benzene rings is 1. The highest BCUT2D eigenvalue weighted by Crippen LogP contribution is 2.35. The maximum Gasteiger partial charge on any atom is 0.231 e. The van der Waals surface area contributed by atoms with Crippen LogP contribution in [-0.4, -0.2) is 49.1 Å². The molecule has 1 atom stereocenters. The van der Waals surface area contributed by atoms with E-state index in [9.17, 15) is 5.11 Å². The molecule has 0 fully saturated rings. The van der Waals surface area contributed by atoms with E-state index < -0.39 is 6.10 Å². The molecule has 0 radical (unpaired) electrons. The zero-order valence-corrected chi connectivity index (χ0v) is 14.1. The van der Waals surface area contributed by atoms with Crippen molar-refractivity contribution in [1.82, 2.24) is 4.90 Å². The fourth-order valence-corrected chi connectivity index (χ4v) is 2.44. The first-order chi connectivity index (χ1) is 10.2. The smallest absolute Gasteiger partial charge is 0.231 e. The van der Waals surface area contributed by atoms with E-state index in [1.165, 1.54) is 0 Å². The van der Waals surface area contributed by atoms with Gasteiger partial charge in [-0.1, -0.05) is 13.8 Å². The fraction of sp³-hybridized carbons (Fsp3) is 0.625. The standard InChI is InChI=1S/C16H25NO4.ClH/c1-3-7-17(8-4-2)10-13(18)11-19-14-5-6-15-16(9-14)21-12-20-15;/h5-6,9,13,18H,3-4,7-8,10-12H2,1-2H3;1H. The van der Waals surface area contributed by atoms with E-state index in [1.54, 1.807) is 6.07 Å². The summed E-state index contributed by atoms with van der Waals surface area (Å²) in [6.45, 7) is 7.50. The molecule has 0 aromatic heterocycles. The highest BCUT2D eigenvalue weighted by Gasteiger charge is 2.15. The molecule has 2 rings (SSSR count). The highest BCUT2D eigenvalue weighted by atomic mass is 35.5. The van der Waals surface area contributed by atoms with Crippen LogP contribution in [0, 0.1) is 0 Å². The molecule has 0 saturated carbocycles. The van der Waals surface area contributed by atoms with Crippen LogP contribution in [0.25, 0.3) is 0 Å². The van der Waals surface area contributed by atoms with Gasteiger partial charge in [-0.3, -0.25) is 0 Å². The SMILES string of the molecule is CCCN(CCC)CC(O)COc1ccc2c(c1)OCO2.Cl. The van der Waals surface area contributed by atoms with Crippen LogP contribution in [0.3, 0.4) is 0 Å². The number of ether oxygens (including phenoxy) is 3. The van der Waals surface area contributed by atoms with Crippen molar-refractivity contribution in [2.45, 2.75) is 32.8 Å². The molecule has 1 heterocycles. The first-order valence-electron chi connectivity index (χ1n) is 7.65. The van der Waals surface area contributed by atoms with Crippen LogP contribution >= 0.6 is 12.4 Å². The van der Waals surface area contributed by atoms with Crippen molar-refractivity contribution < 1.29 is 19.3 Å². The van der Waals surface area contributed by atoms with Gasteiger partial charge >= 0.3 is 0 Å². The van der Waals surface area contributed by atoms with Gasteiger partial charge in [0.05, 0.1) is 0 Å². The van der Waals surface area contributed by atoms with Crippen LogP contribution < -0.4 is 14.2 Å². The monoisotopic (exact) mass is 331 g/mol. The van der Waals surface area contributed by atoms with E-state index in [-0.39, 0.29) is 25.8 Å². The molecule has 0 saturated heterocycles. The average Bonchev–Trinajstić information content (AvgIpc) is 2.93. The Bertz CT molecular complexity index is 438. The van der Waals surface area contributed by atoms with E-state index in [4.69, 9.17) is 14.2 Å². The molecule has 6 heteroatoms. The molecule has 0 amide bonds. The first kappa shape index (κ1) is 18.9. The summed E-state index contributed by atoms with van der Waals surface area (Å²) in [6, 6.07) is 5.45. The van der Waals surface area contributed by atoms with Crippen molar-refractivity contribution in [3.8, 4) is 17.2 Å². The lowest BCUT2D eigenvalue weighted by molar-refractivity contribution is 0.0681. The number of halogens is 1. The van der Waals surface area contributed by atoms with Crippen molar-refractivity contribution in [2.24, 2.45) is 0 Å². The van der Waals surface area contributed by atoms with Gasteiger partial charge in [-0.05, 0) is 38.1 Å². The van der Waals surface area contributed by atoms with Crippen molar-refractivity contribution >= 4 is 12.4 Å². The normalized spacial score (nSPS) is 13.8. The molecular formula is C16H26ClNO4. The van der Waals surface area contributed by atoms with Gasteiger partial charge in [-0.2, -0.15) is 0 Å². The quantitative estimate of drug-likeness (QED) is 0.754. The van der Waals surface area contributed by atoms with E-state index in [2.05, 4.69) is 18.7 Å². The van der Waals surface area contributed by atoms with Crippen LogP contribution in [0.4, 0.5) is 0 Å². The van der Waals surface area contributed by atoms with E-state index >= 15 is 0 Å². The average molecular weight is 332 g/mol. The molecule has 1 aliphatic heterocycles. The zero-order chi connectivity index (χ0) is 15.1. The molecular weight excluding hydrogens is 306 g/mol. The van der Waals surface area contributed by atoms with Crippen molar-refractivity contribution in [3.05, 3.63) is 18.2 Å². The summed E-state index contributed by atoms with van der Waals surface area (Å²) < 4.78 is 16.2. The Balaban J connectivity index is 0.00000242. The molecule has 0 bridgehead atoms. The van der Waals surface area contributed by atoms with Crippen LogP contribution in [-0.2, 0) is 0 Å². The predicted molar refractivity (Wildman–Crippen MR) is 88.3 cm³/mol. The number of hydrogen-bond donors (Lipinski definition) is 1. The summed E-state index contributed by atoms with van der Waals surface area (Å²) in [5.41, 5.74) is 0. The molecule has 1 aromatic rings. The lowest BCUT2D eigenvalue weighted by Crippen LogP contribution is -2.36. The third-order valence-corrected chi connectivity index (χ3v) is 3.34. The Kier molecular flexibility index (Phi) is 8.38. The third kappa shape index (κ3) is 5.55. The summed E-state index contributed by atoms with van der Waals surface area (Å²) in [6.07, 6.45) is 1.69. The largest absolute Gasteiger partial charge is 0.491 e. The van der Waals surface area contributed by atoms with E-state index in [0.29, 0.717) is 18.0 Å². The van der Waals surface area contributed by atoms with Gasteiger partial charge < -0.3 is 24.2 Å². The maximum atomic E-state index is 10.1. The number of aliphatic hydroxyl groups is 1. The minimum Gasteiger partial charge on any atom is -0.491 e. The molecule has 126 valence electrons. The summed E-state index contributed by atoms with van der Waals surface area (Å²) in [5.74, 6) is 2.12. The minimum atomic E-state index is -0.492. The van der Waals surface area contributed by atoms with E-state index in [1.807, 2.05) is 12.1 Å². The number of nitrogens with zero attached hydrogens (tertiary/aromatic N) is 1. The number of fused-ring (bicyclic) bond motifs is 1. The van der Waals surface area contributed by atoms with Crippen LogP contribution in [0.5, 0.6) is 17.2 Å². The molecule has 1 aromatic carbocycles. The summed E-state index contributed by atoms with van der Waals surface area (Å²) in [4.78, 5) is 2.27. The zero-order valence-electron chi connectivity index (χ0n) is 13.3. The maximum absolute atomic E-state index is 10.1. The minimum absolute atomic E-state index is 0.